The van der Waals surface area contributed by atoms with Gasteiger partial charge in [0.1, 0.15) is 28.9 Å². The van der Waals surface area contributed by atoms with Crippen LogP contribution in [0.3, 0.4) is 0 Å². The molecule has 0 aliphatic heterocycles. The van der Waals surface area contributed by atoms with Crippen LogP contribution >= 0.6 is 7.26 Å². The monoisotopic (exact) mass is 522 g/mol. The molecule has 0 amide bonds. The minimum atomic E-state index is -1.99. The van der Waals surface area contributed by atoms with E-state index in [-0.39, 0.29) is 23.7 Å². The molecule has 4 aromatic carbocycles. The van der Waals surface area contributed by atoms with Crippen LogP contribution in [0, 0.1) is 0 Å². The van der Waals surface area contributed by atoms with E-state index >= 15 is 0 Å². The maximum absolute atomic E-state index is 12.5. The Kier molecular flexibility index (Phi) is 9.66. The molecule has 0 atom stereocenters. The molecule has 0 saturated heterocycles. The van der Waals surface area contributed by atoms with E-state index in [0.29, 0.717) is 13.0 Å². The molecule has 0 aromatic heterocycles. The van der Waals surface area contributed by atoms with Crippen molar-refractivity contribution in [3.05, 3.63) is 121 Å². The Balaban J connectivity index is 0.00000306. The van der Waals surface area contributed by atoms with Gasteiger partial charge >= 0.3 is 0 Å². The third-order valence-corrected chi connectivity index (χ3v) is 10.1. The van der Waals surface area contributed by atoms with E-state index in [2.05, 4.69) is 109 Å². The van der Waals surface area contributed by atoms with Crippen molar-refractivity contribution in [2.45, 2.75) is 19.0 Å². The van der Waals surface area contributed by atoms with Crippen LogP contribution in [0.2, 0.25) is 0 Å². The molecule has 0 bridgehead atoms. The first-order valence-corrected chi connectivity index (χ1v) is 13.1. The van der Waals surface area contributed by atoms with Crippen molar-refractivity contribution in [2.24, 2.45) is 0 Å². The third kappa shape index (κ3) is 6.10. The Bertz CT molecular complexity index is 1050. The topological polar surface area (TPSA) is 9.23 Å². The summed E-state index contributed by atoms with van der Waals surface area (Å²) in [4.78, 5) is 0. The van der Waals surface area contributed by atoms with Crippen LogP contribution in [0.5, 0.6) is 5.75 Å². The van der Waals surface area contributed by atoms with Gasteiger partial charge in [0.25, 0.3) is 0 Å². The molecule has 4 aromatic rings. The van der Waals surface area contributed by atoms with Crippen LogP contribution in [-0.2, 0) is 6.16 Å². The van der Waals surface area contributed by atoms with Crippen molar-refractivity contribution in [3.8, 4) is 5.75 Å². The SMILES string of the molecule is FCCCCOc1cccc([P+](Cc2ccccc2)(c2ccccc2)c2ccccc2)c1.[Br-]. The van der Waals surface area contributed by atoms with E-state index in [1.54, 1.807) is 0 Å². The lowest BCUT2D eigenvalue weighted by Crippen LogP contribution is -3.00. The van der Waals surface area contributed by atoms with Crippen molar-refractivity contribution < 1.29 is 26.1 Å². The first-order valence-electron chi connectivity index (χ1n) is 11.2. The van der Waals surface area contributed by atoms with Crippen LogP contribution in [0.4, 0.5) is 4.39 Å². The third-order valence-electron chi connectivity index (χ3n) is 5.71. The Morgan fingerprint density at radius 1 is 0.606 bits per heavy atom. The summed E-state index contributed by atoms with van der Waals surface area (Å²) in [6, 6.07) is 41.0. The molecular weight excluding hydrogens is 494 g/mol. The number of hydrogen-bond donors (Lipinski definition) is 0. The Labute approximate surface area is 207 Å². The number of alkyl halides is 1. The zero-order valence-corrected chi connectivity index (χ0v) is 21.1. The van der Waals surface area contributed by atoms with Gasteiger partial charge in [0, 0.05) is 6.07 Å². The second-order valence-corrected chi connectivity index (χ2v) is 11.4. The van der Waals surface area contributed by atoms with Gasteiger partial charge in [-0.3, -0.25) is 4.39 Å². The molecule has 0 saturated carbocycles. The second-order valence-electron chi connectivity index (χ2n) is 7.87. The van der Waals surface area contributed by atoms with Gasteiger partial charge in [0.2, 0.25) is 0 Å². The zero-order valence-electron chi connectivity index (χ0n) is 18.6. The van der Waals surface area contributed by atoms with E-state index in [1.807, 2.05) is 6.07 Å². The summed E-state index contributed by atoms with van der Waals surface area (Å²) < 4.78 is 18.5. The van der Waals surface area contributed by atoms with E-state index in [9.17, 15) is 4.39 Å². The van der Waals surface area contributed by atoms with Gasteiger partial charge in [-0.25, -0.2) is 0 Å². The molecule has 0 spiro atoms. The van der Waals surface area contributed by atoms with Crippen LogP contribution in [0.15, 0.2) is 115 Å². The van der Waals surface area contributed by atoms with Gasteiger partial charge in [-0.15, -0.1) is 0 Å². The molecule has 0 heterocycles. The average Bonchev–Trinajstić information content (AvgIpc) is 2.87. The number of rotatable bonds is 10. The predicted molar refractivity (Wildman–Crippen MR) is 136 cm³/mol. The average molecular weight is 523 g/mol. The minimum absolute atomic E-state index is 0. The highest BCUT2D eigenvalue weighted by Gasteiger charge is 2.45. The van der Waals surface area contributed by atoms with Gasteiger partial charge in [-0.1, -0.05) is 72.8 Å². The molecule has 0 aliphatic rings. The molecule has 0 unspecified atom stereocenters. The first-order chi connectivity index (χ1) is 15.8. The van der Waals surface area contributed by atoms with Crippen molar-refractivity contribution in [2.75, 3.05) is 13.3 Å². The minimum Gasteiger partial charge on any atom is -1.00 e. The summed E-state index contributed by atoms with van der Waals surface area (Å²) >= 11 is 0. The molecule has 1 nitrogen and oxygen atoms in total. The van der Waals surface area contributed by atoms with E-state index < -0.39 is 7.26 Å². The van der Waals surface area contributed by atoms with Crippen molar-refractivity contribution >= 4 is 23.2 Å². The summed E-state index contributed by atoms with van der Waals surface area (Å²) in [5.74, 6) is 0.852. The molecule has 170 valence electrons. The van der Waals surface area contributed by atoms with Crippen LogP contribution in [-0.4, -0.2) is 13.3 Å². The van der Waals surface area contributed by atoms with Crippen molar-refractivity contribution in [1.29, 1.82) is 0 Å². The molecule has 0 radical (unpaired) electrons. The fourth-order valence-corrected chi connectivity index (χ4v) is 8.39. The van der Waals surface area contributed by atoms with Crippen LogP contribution < -0.4 is 37.6 Å². The molecule has 4 rings (SSSR count). The number of halogens is 2. The summed E-state index contributed by atoms with van der Waals surface area (Å²) in [6.45, 7) is 0.241. The van der Waals surface area contributed by atoms with Crippen LogP contribution in [0.25, 0.3) is 0 Å². The molecular formula is C29H29BrFOP. The Morgan fingerprint density at radius 3 is 1.73 bits per heavy atom. The first kappa shape index (κ1) is 25.1. The number of benzene rings is 4. The highest BCUT2D eigenvalue weighted by atomic mass is 79.9. The van der Waals surface area contributed by atoms with Crippen LogP contribution in [0.1, 0.15) is 18.4 Å². The molecule has 4 heteroatoms. The summed E-state index contributed by atoms with van der Waals surface area (Å²) in [5.41, 5.74) is 1.32. The number of unbranched alkanes of at least 4 members (excludes halogenated alkanes) is 1. The molecule has 0 N–H and O–H groups in total. The standard InChI is InChI=1S/C29H29FOP.BrH/c30-21-10-11-22-31-26-15-12-20-29(23-26)32(27-16-6-2-7-17-27,28-18-8-3-9-19-28)24-25-13-4-1-5-14-25;/h1-9,12-20,23H,10-11,21-22,24H2;1H/q+1;/p-1. The second kappa shape index (κ2) is 12.7. The largest absolute Gasteiger partial charge is 1.00 e. The highest BCUT2D eigenvalue weighted by molar-refractivity contribution is 7.95. The quantitative estimate of drug-likeness (QED) is 0.229. The summed E-state index contributed by atoms with van der Waals surface area (Å²) in [6.07, 6.45) is 2.20. The van der Waals surface area contributed by atoms with Gasteiger partial charge in [-0.2, -0.15) is 0 Å². The van der Waals surface area contributed by atoms with Gasteiger partial charge < -0.3 is 21.7 Å². The van der Waals surface area contributed by atoms with E-state index in [0.717, 1.165) is 18.3 Å². The fraction of sp³-hybridized carbons (Fsp3) is 0.172. The van der Waals surface area contributed by atoms with E-state index in [1.165, 1.54) is 21.5 Å². The molecule has 0 aliphatic carbocycles. The van der Waals surface area contributed by atoms with Gasteiger partial charge in [-0.05, 0) is 54.8 Å². The van der Waals surface area contributed by atoms with Crippen molar-refractivity contribution in [3.63, 3.8) is 0 Å². The smallest absolute Gasteiger partial charge is 0.123 e. The summed E-state index contributed by atoms with van der Waals surface area (Å²) in [7, 11) is -1.99. The van der Waals surface area contributed by atoms with Gasteiger partial charge in [0.15, 0.2) is 0 Å². The van der Waals surface area contributed by atoms with Gasteiger partial charge in [0.05, 0.1) is 19.4 Å². The summed E-state index contributed by atoms with van der Waals surface area (Å²) in [5, 5.41) is 4.00. The predicted octanol–water partition coefficient (Wildman–Crippen LogP) is 3.31. The lowest BCUT2D eigenvalue weighted by Gasteiger charge is -2.28. The maximum Gasteiger partial charge on any atom is 0.123 e. The highest BCUT2D eigenvalue weighted by Crippen LogP contribution is 2.58. The normalized spacial score (nSPS) is 10.9. The number of hydrogen-bond acceptors (Lipinski definition) is 1. The molecule has 0 fully saturated rings. The lowest BCUT2D eigenvalue weighted by atomic mass is 10.2. The van der Waals surface area contributed by atoms with E-state index in [4.69, 9.17) is 4.74 Å². The fourth-order valence-electron chi connectivity index (χ4n) is 4.14. The van der Waals surface area contributed by atoms with Crippen molar-refractivity contribution in [1.82, 2.24) is 0 Å². The maximum atomic E-state index is 12.5. The molecule has 33 heavy (non-hydrogen) atoms. The lowest BCUT2D eigenvalue weighted by molar-refractivity contribution is -0.00000729. The number of ether oxygens (including phenoxy) is 1. The zero-order chi connectivity index (χ0) is 22.1. The Hall–Kier alpha value is -2.48. The Morgan fingerprint density at radius 2 is 1.15 bits per heavy atom.